The zero-order chi connectivity index (χ0) is 15.2. The number of benzene rings is 1. The Balaban J connectivity index is 2.57. The lowest BCUT2D eigenvalue weighted by atomic mass is 10.1. The average molecular weight is 301 g/mol. The van der Waals surface area contributed by atoms with Gasteiger partial charge in [-0.3, -0.25) is 0 Å². The average Bonchev–Trinajstić information content (AvgIpc) is 2.34. The van der Waals surface area contributed by atoms with Crippen LogP contribution in [0.1, 0.15) is 29.8 Å². The summed E-state index contributed by atoms with van der Waals surface area (Å²) >= 11 is 0. The van der Waals surface area contributed by atoms with Crippen molar-refractivity contribution < 1.29 is 23.1 Å². The Morgan fingerprint density at radius 3 is 2.70 bits per heavy atom. The summed E-state index contributed by atoms with van der Waals surface area (Å²) in [6.07, 6.45) is 0.0479. The number of nitrogens with one attached hydrogen (secondary N) is 1. The molecule has 0 radical (unpaired) electrons. The zero-order valence-corrected chi connectivity index (χ0v) is 12.3. The molecule has 0 heterocycles. The van der Waals surface area contributed by atoms with Crippen molar-refractivity contribution in [1.82, 2.24) is 4.72 Å². The van der Waals surface area contributed by atoms with Gasteiger partial charge in [0.25, 0.3) is 0 Å². The molecule has 1 aromatic carbocycles. The van der Waals surface area contributed by atoms with Crippen LogP contribution in [0.3, 0.4) is 0 Å². The van der Waals surface area contributed by atoms with Gasteiger partial charge in [0.2, 0.25) is 10.0 Å². The number of sulfonamides is 1. The highest BCUT2D eigenvalue weighted by molar-refractivity contribution is 7.88. The number of carboxylic acid groups (broad SMARTS) is 1. The maximum Gasteiger partial charge on any atom is 0.335 e. The Morgan fingerprint density at radius 1 is 1.40 bits per heavy atom. The topological polar surface area (TPSA) is 92.7 Å². The lowest BCUT2D eigenvalue weighted by molar-refractivity contribution is 0.0696. The highest BCUT2D eigenvalue weighted by Crippen LogP contribution is 2.08. The number of carboxylic acids is 1. The smallest absolute Gasteiger partial charge is 0.335 e. The highest BCUT2D eigenvalue weighted by atomic mass is 32.2. The Bertz CT molecular complexity index is 554. The molecule has 0 amide bonds. The van der Waals surface area contributed by atoms with Crippen molar-refractivity contribution in [2.24, 2.45) is 0 Å². The van der Waals surface area contributed by atoms with Crippen LogP contribution in [0.4, 0.5) is 0 Å². The zero-order valence-electron chi connectivity index (χ0n) is 11.5. The van der Waals surface area contributed by atoms with Crippen LogP contribution in [0.15, 0.2) is 24.3 Å². The first-order valence-electron chi connectivity index (χ1n) is 6.21. The van der Waals surface area contributed by atoms with E-state index in [2.05, 4.69) is 4.72 Å². The Labute approximate surface area is 118 Å². The molecular formula is C13H19NO5S. The molecule has 1 aromatic rings. The Kier molecular flexibility index (Phi) is 6.12. The van der Waals surface area contributed by atoms with Crippen molar-refractivity contribution in [2.45, 2.75) is 25.7 Å². The largest absolute Gasteiger partial charge is 0.478 e. The van der Waals surface area contributed by atoms with Gasteiger partial charge in [-0.2, -0.15) is 0 Å². The van der Waals surface area contributed by atoms with Crippen LogP contribution in [-0.4, -0.2) is 38.7 Å². The maximum atomic E-state index is 11.8. The van der Waals surface area contributed by atoms with E-state index in [1.807, 2.05) is 13.8 Å². The van der Waals surface area contributed by atoms with E-state index in [1.54, 1.807) is 6.07 Å². The minimum Gasteiger partial charge on any atom is -0.478 e. The van der Waals surface area contributed by atoms with Gasteiger partial charge in [0, 0.05) is 6.54 Å². The molecule has 0 aliphatic carbocycles. The Morgan fingerprint density at radius 2 is 2.10 bits per heavy atom. The maximum absolute atomic E-state index is 11.8. The molecule has 0 spiro atoms. The molecule has 0 saturated heterocycles. The SMILES string of the molecule is CC(C)OCCNS(=O)(=O)Cc1cccc(C(=O)O)c1. The third-order valence-electron chi connectivity index (χ3n) is 2.41. The van der Waals surface area contributed by atoms with Gasteiger partial charge in [-0.25, -0.2) is 17.9 Å². The van der Waals surface area contributed by atoms with Crippen molar-refractivity contribution in [3.05, 3.63) is 35.4 Å². The summed E-state index contributed by atoms with van der Waals surface area (Å²) in [5, 5.41) is 8.85. The van der Waals surface area contributed by atoms with Crippen molar-refractivity contribution in [2.75, 3.05) is 13.2 Å². The van der Waals surface area contributed by atoms with E-state index < -0.39 is 16.0 Å². The van der Waals surface area contributed by atoms with Crippen molar-refractivity contribution >= 4 is 16.0 Å². The van der Waals surface area contributed by atoms with Gasteiger partial charge < -0.3 is 9.84 Å². The molecule has 0 aromatic heterocycles. The fourth-order valence-corrected chi connectivity index (χ4v) is 2.67. The summed E-state index contributed by atoms with van der Waals surface area (Å²) in [6.45, 7) is 4.23. The standard InChI is InChI=1S/C13H19NO5S/c1-10(2)19-7-6-14-20(17,18)9-11-4-3-5-12(8-11)13(15)16/h3-5,8,10,14H,6-7,9H2,1-2H3,(H,15,16). The number of rotatable bonds is 8. The Hall–Kier alpha value is -1.44. The second-order valence-electron chi connectivity index (χ2n) is 4.58. The molecule has 112 valence electrons. The molecule has 0 bridgehead atoms. The molecular weight excluding hydrogens is 282 g/mol. The van der Waals surface area contributed by atoms with Crippen molar-refractivity contribution in [3.63, 3.8) is 0 Å². The van der Waals surface area contributed by atoms with Crippen molar-refractivity contribution in [3.8, 4) is 0 Å². The molecule has 20 heavy (non-hydrogen) atoms. The van der Waals surface area contributed by atoms with E-state index in [1.165, 1.54) is 18.2 Å². The van der Waals surface area contributed by atoms with Crippen LogP contribution in [0.25, 0.3) is 0 Å². The first kappa shape index (κ1) is 16.6. The van der Waals surface area contributed by atoms with Gasteiger partial charge >= 0.3 is 5.97 Å². The fraction of sp³-hybridized carbons (Fsp3) is 0.462. The van der Waals surface area contributed by atoms with Crippen LogP contribution in [0.5, 0.6) is 0 Å². The van der Waals surface area contributed by atoms with Crippen LogP contribution in [0.2, 0.25) is 0 Å². The molecule has 0 aliphatic heterocycles. The van der Waals surface area contributed by atoms with Crippen molar-refractivity contribution in [1.29, 1.82) is 0 Å². The normalized spacial score (nSPS) is 11.8. The molecule has 0 atom stereocenters. The molecule has 0 unspecified atom stereocenters. The third kappa shape index (κ3) is 6.14. The monoisotopic (exact) mass is 301 g/mol. The van der Waals surface area contributed by atoms with E-state index >= 15 is 0 Å². The number of carbonyl (C=O) groups is 1. The van der Waals surface area contributed by atoms with E-state index in [9.17, 15) is 13.2 Å². The van der Waals surface area contributed by atoms with Crippen LogP contribution < -0.4 is 4.72 Å². The summed E-state index contributed by atoms with van der Waals surface area (Å²) in [7, 11) is -3.50. The first-order chi connectivity index (χ1) is 9.30. The second-order valence-corrected chi connectivity index (χ2v) is 6.39. The van der Waals surface area contributed by atoms with Crippen LogP contribution in [0, 0.1) is 0 Å². The second kappa shape index (κ2) is 7.37. The quantitative estimate of drug-likeness (QED) is 0.704. The highest BCUT2D eigenvalue weighted by Gasteiger charge is 2.12. The molecule has 6 nitrogen and oxygen atoms in total. The van der Waals surface area contributed by atoms with E-state index in [4.69, 9.17) is 9.84 Å². The lowest BCUT2D eigenvalue weighted by Gasteiger charge is -2.09. The molecule has 2 N–H and O–H groups in total. The lowest BCUT2D eigenvalue weighted by Crippen LogP contribution is -2.29. The molecule has 0 fully saturated rings. The minimum absolute atomic E-state index is 0.0479. The van der Waals surface area contributed by atoms with Gasteiger partial charge in [0.15, 0.2) is 0 Å². The van der Waals surface area contributed by atoms with Crippen LogP contribution >= 0.6 is 0 Å². The minimum atomic E-state index is -3.50. The van der Waals surface area contributed by atoms with Gasteiger partial charge in [-0.1, -0.05) is 12.1 Å². The number of hydrogen-bond acceptors (Lipinski definition) is 4. The van der Waals surface area contributed by atoms with Crippen LogP contribution in [-0.2, 0) is 20.5 Å². The van der Waals surface area contributed by atoms with E-state index in [0.29, 0.717) is 12.2 Å². The summed E-state index contributed by atoms with van der Waals surface area (Å²) in [5.74, 6) is -1.34. The number of aromatic carboxylic acids is 1. The van der Waals surface area contributed by atoms with Gasteiger partial charge in [0.05, 0.1) is 24.0 Å². The predicted octanol–water partition coefficient (Wildman–Crippen LogP) is 1.23. The summed E-state index contributed by atoms with van der Waals surface area (Å²) in [6, 6.07) is 5.88. The van der Waals surface area contributed by atoms with Gasteiger partial charge in [0.1, 0.15) is 0 Å². The summed E-state index contributed by atoms with van der Waals surface area (Å²) < 4.78 is 31.3. The third-order valence-corrected chi connectivity index (χ3v) is 3.76. The molecule has 7 heteroatoms. The van der Waals surface area contributed by atoms with E-state index in [-0.39, 0.29) is 24.0 Å². The number of ether oxygens (including phenoxy) is 1. The molecule has 0 aliphatic rings. The summed E-state index contributed by atoms with van der Waals surface area (Å²) in [4.78, 5) is 10.8. The molecule has 0 saturated carbocycles. The number of hydrogen-bond donors (Lipinski definition) is 2. The van der Waals surface area contributed by atoms with Gasteiger partial charge in [-0.15, -0.1) is 0 Å². The summed E-state index contributed by atoms with van der Waals surface area (Å²) in [5.41, 5.74) is 0.503. The van der Waals surface area contributed by atoms with Gasteiger partial charge in [-0.05, 0) is 31.5 Å². The first-order valence-corrected chi connectivity index (χ1v) is 7.86. The fourth-order valence-electron chi connectivity index (χ4n) is 1.56. The van der Waals surface area contributed by atoms with E-state index in [0.717, 1.165) is 0 Å². The predicted molar refractivity (Wildman–Crippen MR) is 75.1 cm³/mol. The molecule has 1 rings (SSSR count).